The van der Waals surface area contributed by atoms with Gasteiger partial charge in [-0.1, -0.05) is 12.1 Å². The van der Waals surface area contributed by atoms with Gasteiger partial charge in [0, 0.05) is 18.7 Å². The lowest BCUT2D eigenvalue weighted by molar-refractivity contribution is -0.145. The Morgan fingerprint density at radius 1 is 1.19 bits per heavy atom. The summed E-state index contributed by atoms with van der Waals surface area (Å²) in [6.07, 6.45) is 0.353. The molecule has 1 fully saturated rings. The first kappa shape index (κ1) is 15.0. The third kappa shape index (κ3) is 3.39. The minimum absolute atomic E-state index is 0.105. The Hall–Kier alpha value is -2.37. The highest BCUT2D eigenvalue weighted by Crippen LogP contribution is 2.26. The van der Waals surface area contributed by atoms with E-state index in [4.69, 9.17) is 0 Å². The summed E-state index contributed by atoms with van der Waals surface area (Å²) >= 11 is 0. The standard InChI is InChI=1S/C15H17NO5/c1-20-14(18)7-10-3-5-12(6-4-10)16-9-11(8-13(16)17)15(19)21-2/h3-6,11H,7-9H2,1-2H3. The van der Waals surface area contributed by atoms with E-state index in [1.807, 2.05) is 0 Å². The van der Waals surface area contributed by atoms with Crippen LogP contribution >= 0.6 is 0 Å². The van der Waals surface area contributed by atoms with E-state index in [0.29, 0.717) is 12.2 Å². The Morgan fingerprint density at radius 2 is 1.86 bits per heavy atom. The van der Waals surface area contributed by atoms with E-state index in [1.54, 1.807) is 29.2 Å². The molecule has 2 rings (SSSR count). The molecule has 1 aromatic rings. The molecule has 1 aliphatic rings. The molecule has 0 aromatic heterocycles. The van der Waals surface area contributed by atoms with Gasteiger partial charge < -0.3 is 14.4 Å². The van der Waals surface area contributed by atoms with Crippen LogP contribution in [0.25, 0.3) is 0 Å². The maximum Gasteiger partial charge on any atom is 0.311 e. The van der Waals surface area contributed by atoms with E-state index < -0.39 is 5.92 Å². The van der Waals surface area contributed by atoms with Gasteiger partial charge in [0.15, 0.2) is 0 Å². The van der Waals surface area contributed by atoms with Crippen LogP contribution in [-0.2, 0) is 30.3 Å². The fraction of sp³-hybridized carbons (Fsp3) is 0.400. The number of rotatable bonds is 4. The number of carbonyl (C=O) groups is 3. The van der Waals surface area contributed by atoms with Crippen LogP contribution in [0.1, 0.15) is 12.0 Å². The largest absolute Gasteiger partial charge is 0.469 e. The van der Waals surface area contributed by atoms with E-state index in [1.165, 1.54) is 14.2 Å². The summed E-state index contributed by atoms with van der Waals surface area (Å²) in [5.41, 5.74) is 1.52. The average Bonchev–Trinajstić information content (AvgIpc) is 2.89. The van der Waals surface area contributed by atoms with E-state index in [2.05, 4.69) is 9.47 Å². The summed E-state index contributed by atoms with van der Waals surface area (Å²) in [6.45, 7) is 0.321. The van der Waals surface area contributed by atoms with Gasteiger partial charge in [-0.2, -0.15) is 0 Å². The second-order valence-electron chi connectivity index (χ2n) is 4.85. The minimum Gasteiger partial charge on any atom is -0.469 e. The third-order valence-electron chi connectivity index (χ3n) is 3.48. The fourth-order valence-electron chi connectivity index (χ4n) is 2.31. The Bertz CT molecular complexity index is 552. The minimum atomic E-state index is -0.419. The molecule has 112 valence electrons. The Kier molecular flexibility index (Phi) is 4.57. The van der Waals surface area contributed by atoms with Crippen LogP contribution in [0.5, 0.6) is 0 Å². The zero-order valence-electron chi connectivity index (χ0n) is 12.0. The third-order valence-corrected chi connectivity index (χ3v) is 3.48. The summed E-state index contributed by atoms with van der Waals surface area (Å²) in [6, 6.07) is 7.06. The summed E-state index contributed by atoms with van der Waals surface area (Å²) < 4.78 is 9.27. The van der Waals surface area contributed by atoms with Crippen LogP contribution in [0.2, 0.25) is 0 Å². The lowest BCUT2D eigenvalue weighted by Gasteiger charge is -2.16. The number of carbonyl (C=O) groups excluding carboxylic acids is 3. The number of esters is 2. The van der Waals surface area contributed by atoms with Crippen LogP contribution in [0.15, 0.2) is 24.3 Å². The van der Waals surface area contributed by atoms with Crippen molar-refractivity contribution in [3.05, 3.63) is 29.8 Å². The van der Waals surface area contributed by atoms with E-state index in [-0.39, 0.29) is 30.7 Å². The fourth-order valence-corrected chi connectivity index (χ4v) is 2.31. The van der Waals surface area contributed by atoms with Crippen LogP contribution < -0.4 is 4.90 Å². The van der Waals surface area contributed by atoms with Crippen molar-refractivity contribution in [3.8, 4) is 0 Å². The maximum absolute atomic E-state index is 12.0. The van der Waals surface area contributed by atoms with Crippen LogP contribution in [0.4, 0.5) is 5.69 Å². The number of amides is 1. The van der Waals surface area contributed by atoms with Gasteiger partial charge in [0.05, 0.1) is 26.6 Å². The highest BCUT2D eigenvalue weighted by molar-refractivity contribution is 5.99. The molecule has 0 spiro atoms. The number of nitrogens with zero attached hydrogens (tertiary/aromatic N) is 1. The zero-order valence-corrected chi connectivity index (χ0v) is 12.0. The van der Waals surface area contributed by atoms with Crippen molar-refractivity contribution < 1.29 is 23.9 Å². The molecule has 0 aliphatic carbocycles. The molecule has 1 atom stereocenters. The van der Waals surface area contributed by atoms with Crippen molar-refractivity contribution in [2.75, 3.05) is 25.7 Å². The molecular weight excluding hydrogens is 274 g/mol. The lowest BCUT2D eigenvalue weighted by atomic mass is 10.1. The van der Waals surface area contributed by atoms with Gasteiger partial charge in [0.2, 0.25) is 5.91 Å². The van der Waals surface area contributed by atoms with Gasteiger partial charge >= 0.3 is 11.9 Å². The molecular formula is C15H17NO5. The molecule has 1 saturated heterocycles. The van der Waals surface area contributed by atoms with E-state index in [0.717, 1.165) is 5.56 Å². The molecule has 1 heterocycles. The van der Waals surface area contributed by atoms with Crippen molar-refractivity contribution in [3.63, 3.8) is 0 Å². The lowest BCUT2D eigenvalue weighted by Crippen LogP contribution is -2.26. The van der Waals surface area contributed by atoms with Gasteiger partial charge in [-0.25, -0.2) is 0 Å². The number of benzene rings is 1. The molecule has 6 heteroatoms. The SMILES string of the molecule is COC(=O)Cc1ccc(N2CC(C(=O)OC)CC2=O)cc1. The quantitative estimate of drug-likeness (QED) is 0.772. The highest BCUT2D eigenvalue weighted by atomic mass is 16.5. The summed E-state index contributed by atoms with van der Waals surface area (Å²) in [5, 5.41) is 0. The molecule has 1 unspecified atom stereocenters. The highest BCUT2D eigenvalue weighted by Gasteiger charge is 2.35. The molecule has 1 aliphatic heterocycles. The van der Waals surface area contributed by atoms with Crippen molar-refractivity contribution in [2.24, 2.45) is 5.92 Å². The average molecular weight is 291 g/mol. The Morgan fingerprint density at radius 3 is 2.43 bits per heavy atom. The molecule has 1 amide bonds. The summed E-state index contributed by atoms with van der Waals surface area (Å²) in [4.78, 5) is 36.2. The molecule has 1 aromatic carbocycles. The predicted octanol–water partition coefficient (Wildman–Crippen LogP) is 0.928. The van der Waals surface area contributed by atoms with Gasteiger partial charge in [0.25, 0.3) is 0 Å². The second-order valence-corrected chi connectivity index (χ2v) is 4.85. The smallest absolute Gasteiger partial charge is 0.311 e. The summed E-state index contributed by atoms with van der Waals surface area (Å²) in [5.74, 6) is -1.21. The van der Waals surface area contributed by atoms with Gasteiger partial charge in [-0.3, -0.25) is 14.4 Å². The monoisotopic (exact) mass is 291 g/mol. The van der Waals surface area contributed by atoms with Gasteiger partial charge in [-0.15, -0.1) is 0 Å². The Labute approximate surface area is 122 Å². The van der Waals surface area contributed by atoms with E-state index >= 15 is 0 Å². The molecule has 0 radical (unpaired) electrons. The normalized spacial score (nSPS) is 17.7. The van der Waals surface area contributed by atoms with Gasteiger partial charge in [0.1, 0.15) is 0 Å². The number of anilines is 1. The van der Waals surface area contributed by atoms with Crippen LogP contribution in [0, 0.1) is 5.92 Å². The van der Waals surface area contributed by atoms with Crippen molar-refractivity contribution in [1.82, 2.24) is 0 Å². The molecule has 6 nitrogen and oxygen atoms in total. The van der Waals surface area contributed by atoms with Crippen molar-refractivity contribution in [1.29, 1.82) is 0 Å². The van der Waals surface area contributed by atoms with Crippen LogP contribution in [-0.4, -0.2) is 38.6 Å². The second kappa shape index (κ2) is 6.39. The molecule has 21 heavy (non-hydrogen) atoms. The first-order chi connectivity index (χ1) is 10.0. The Balaban J connectivity index is 2.07. The predicted molar refractivity (Wildman–Crippen MR) is 74.6 cm³/mol. The first-order valence-electron chi connectivity index (χ1n) is 6.59. The number of hydrogen-bond donors (Lipinski definition) is 0. The summed E-state index contributed by atoms with van der Waals surface area (Å²) in [7, 11) is 2.66. The molecule has 0 saturated carbocycles. The van der Waals surface area contributed by atoms with E-state index in [9.17, 15) is 14.4 Å². The molecule has 0 bridgehead atoms. The number of methoxy groups -OCH3 is 2. The number of ether oxygens (including phenoxy) is 2. The van der Waals surface area contributed by atoms with Crippen molar-refractivity contribution in [2.45, 2.75) is 12.8 Å². The zero-order chi connectivity index (χ0) is 15.4. The van der Waals surface area contributed by atoms with Crippen molar-refractivity contribution >= 4 is 23.5 Å². The van der Waals surface area contributed by atoms with Gasteiger partial charge in [-0.05, 0) is 17.7 Å². The first-order valence-corrected chi connectivity index (χ1v) is 6.59. The van der Waals surface area contributed by atoms with Crippen LogP contribution in [0.3, 0.4) is 0 Å². The molecule has 0 N–H and O–H groups in total. The number of hydrogen-bond acceptors (Lipinski definition) is 5. The topological polar surface area (TPSA) is 72.9 Å². The maximum atomic E-state index is 12.0.